The molecule has 0 aliphatic rings. The Morgan fingerprint density at radius 1 is 0.759 bits per heavy atom. The van der Waals surface area contributed by atoms with Gasteiger partial charge in [-0.05, 0) is 79.6 Å². The van der Waals surface area contributed by atoms with Crippen LogP contribution in [0.1, 0.15) is 52.9 Å². The average Bonchev–Trinajstić information content (AvgIpc) is 2.75. The highest BCUT2D eigenvalue weighted by atomic mass is 16.5. The minimum Gasteiger partial charge on any atom is -0.423 e. The van der Waals surface area contributed by atoms with Crippen LogP contribution in [0.4, 0.5) is 0 Å². The Kier molecular flexibility index (Phi) is 6.88. The van der Waals surface area contributed by atoms with Gasteiger partial charge < -0.3 is 4.74 Å². The summed E-state index contributed by atoms with van der Waals surface area (Å²) < 4.78 is 5.45. The minimum absolute atomic E-state index is 0.359. The first-order valence-electron chi connectivity index (χ1n) is 9.64. The van der Waals surface area contributed by atoms with Gasteiger partial charge in [0.05, 0.1) is 5.56 Å². The van der Waals surface area contributed by atoms with E-state index in [1.807, 2.05) is 67.6 Å². The van der Waals surface area contributed by atoms with Crippen LogP contribution < -0.4 is 4.74 Å². The first kappa shape index (κ1) is 20.0. The van der Waals surface area contributed by atoms with Crippen molar-refractivity contribution in [3.63, 3.8) is 0 Å². The molecule has 0 bridgehead atoms. The average molecular weight is 378 g/mol. The molecule has 0 unspecified atom stereocenters. The van der Waals surface area contributed by atoms with Crippen LogP contribution >= 0.6 is 0 Å². The lowest BCUT2D eigenvalue weighted by molar-refractivity contribution is 0.0734. The Balaban J connectivity index is 1.62. The molecule has 3 rings (SSSR count). The molecule has 3 aromatic carbocycles. The van der Waals surface area contributed by atoms with E-state index in [9.17, 15) is 4.79 Å². The molecule has 0 amide bonds. The molecule has 0 fully saturated rings. The molecule has 0 saturated heterocycles. The summed E-state index contributed by atoms with van der Waals surface area (Å²) in [5.41, 5.74) is 4.52. The van der Waals surface area contributed by atoms with E-state index in [1.165, 1.54) is 5.56 Å². The normalized spacial score (nSPS) is 9.59. The van der Waals surface area contributed by atoms with Gasteiger partial charge >= 0.3 is 5.97 Å². The van der Waals surface area contributed by atoms with E-state index in [1.54, 1.807) is 12.1 Å². The fourth-order valence-corrected chi connectivity index (χ4v) is 2.79. The summed E-state index contributed by atoms with van der Waals surface area (Å²) in [6, 6.07) is 22.6. The first-order chi connectivity index (χ1) is 14.2. The second kappa shape index (κ2) is 9.98. The highest BCUT2D eigenvalue weighted by Crippen LogP contribution is 2.15. The predicted molar refractivity (Wildman–Crippen MR) is 117 cm³/mol. The Morgan fingerprint density at radius 3 is 1.79 bits per heavy atom. The van der Waals surface area contributed by atoms with E-state index >= 15 is 0 Å². The van der Waals surface area contributed by atoms with E-state index in [2.05, 4.69) is 30.6 Å². The number of hydrogen-bond donors (Lipinski definition) is 0. The number of rotatable bonds is 4. The fraction of sp³-hybridized carbons (Fsp3) is 0.148. The number of carbonyl (C=O) groups is 1. The van der Waals surface area contributed by atoms with Gasteiger partial charge in [-0.2, -0.15) is 0 Å². The molecule has 3 aromatic rings. The second-order valence-corrected chi connectivity index (χ2v) is 6.56. The SMILES string of the molecule is CC#Cc1ccc(C#Cc2ccc(OC(=O)c3ccc(CCC)cc3)cc2)cc1. The minimum atomic E-state index is -0.359. The monoisotopic (exact) mass is 378 g/mol. The lowest BCUT2D eigenvalue weighted by atomic mass is 10.1. The molecular weight excluding hydrogens is 356 g/mol. The van der Waals surface area contributed by atoms with Gasteiger partial charge in [0.1, 0.15) is 5.75 Å². The highest BCUT2D eigenvalue weighted by Gasteiger charge is 2.08. The maximum absolute atomic E-state index is 12.3. The molecule has 2 nitrogen and oxygen atoms in total. The van der Waals surface area contributed by atoms with Crippen LogP contribution in [0.15, 0.2) is 72.8 Å². The Labute approximate surface area is 172 Å². The quantitative estimate of drug-likeness (QED) is 0.334. The lowest BCUT2D eigenvalue weighted by Gasteiger charge is -2.05. The van der Waals surface area contributed by atoms with Crippen LogP contribution in [0.2, 0.25) is 0 Å². The highest BCUT2D eigenvalue weighted by molar-refractivity contribution is 5.91. The molecule has 2 heteroatoms. The number of hydrogen-bond acceptors (Lipinski definition) is 2. The second-order valence-electron chi connectivity index (χ2n) is 6.56. The van der Waals surface area contributed by atoms with E-state index in [4.69, 9.17) is 4.74 Å². The first-order valence-corrected chi connectivity index (χ1v) is 9.64. The van der Waals surface area contributed by atoms with Crippen LogP contribution in [0.3, 0.4) is 0 Å². The predicted octanol–water partition coefficient (Wildman–Crippen LogP) is 5.63. The molecule has 0 radical (unpaired) electrons. The summed E-state index contributed by atoms with van der Waals surface area (Å²) in [7, 11) is 0. The van der Waals surface area contributed by atoms with Gasteiger partial charge in [0.2, 0.25) is 0 Å². The van der Waals surface area contributed by atoms with Crippen molar-refractivity contribution in [1.29, 1.82) is 0 Å². The molecule has 29 heavy (non-hydrogen) atoms. The van der Waals surface area contributed by atoms with Gasteiger partial charge in [-0.15, -0.1) is 5.92 Å². The number of aryl methyl sites for hydroxylation is 1. The van der Waals surface area contributed by atoms with E-state index < -0.39 is 0 Å². The van der Waals surface area contributed by atoms with Gasteiger partial charge in [0, 0.05) is 16.7 Å². The number of benzene rings is 3. The third-order valence-corrected chi connectivity index (χ3v) is 4.30. The molecule has 0 aliphatic carbocycles. The van der Waals surface area contributed by atoms with Crippen molar-refractivity contribution in [2.45, 2.75) is 26.7 Å². The van der Waals surface area contributed by atoms with Crippen LogP contribution in [-0.2, 0) is 6.42 Å². The molecule has 0 heterocycles. The van der Waals surface area contributed by atoms with E-state index in [0.717, 1.165) is 29.5 Å². The third kappa shape index (κ3) is 5.86. The van der Waals surface area contributed by atoms with Crippen molar-refractivity contribution < 1.29 is 9.53 Å². The fourth-order valence-electron chi connectivity index (χ4n) is 2.79. The van der Waals surface area contributed by atoms with Crippen LogP contribution in [0.25, 0.3) is 0 Å². The van der Waals surface area contributed by atoms with Gasteiger partial charge in [-0.25, -0.2) is 4.79 Å². The molecule has 0 atom stereocenters. The van der Waals surface area contributed by atoms with Crippen molar-refractivity contribution in [2.24, 2.45) is 0 Å². The Hall–Kier alpha value is -3.75. The van der Waals surface area contributed by atoms with Crippen molar-refractivity contribution in [2.75, 3.05) is 0 Å². The Bertz CT molecular complexity index is 1080. The van der Waals surface area contributed by atoms with Gasteiger partial charge in [-0.1, -0.05) is 43.2 Å². The van der Waals surface area contributed by atoms with Gasteiger partial charge in [0.15, 0.2) is 0 Å². The zero-order chi connectivity index (χ0) is 20.5. The zero-order valence-corrected chi connectivity index (χ0v) is 16.7. The molecular formula is C27H22O2. The zero-order valence-electron chi connectivity index (χ0n) is 16.7. The molecule has 142 valence electrons. The summed E-state index contributed by atoms with van der Waals surface area (Å²) in [5.74, 6) is 12.3. The molecule has 0 aliphatic heterocycles. The smallest absolute Gasteiger partial charge is 0.343 e. The standard InChI is InChI=1S/C27H22O2/c1-3-5-21-7-9-23(10-8-21)11-12-24-15-19-26(20-16-24)29-27(28)25-17-13-22(6-4-2)14-18-25/h7-10,13-20H,4,6H2,1-2H3. The molecule has 0 aromatic heterocycles. The van der Waals surface area contributed by atoms with Gasteiger partial charge in [0.25, 0.3) is 0 Å². The maximum atomic E-state index is 12.3. The summed E-state index contributed by atoms with van der Waals surface area (Å²) in [4.78, 5) is 12.3. The summed E-state index contributed by atoms with van der Waals surface area (Å²) in [6.45, 7) is 3.95. The summed E-state index contributed by atoms with van der Waals surface area (Å²) in [5, 5.41) is 0. The van der Waals surface area contributed by atoms with Crippen LogP contribution in [0, 0.1) is 23.7 Å². The molecule has 0 saturated carbocycles. The number of ether oxygens (including phenoxy) is 1. The topological polar surface area (TPSA) is 26.3 Å². The molecule has 0 spiro atoms. The van der Waals surface area contributed by atoms with Crippen molar-refractivity contribution >= 4 is 5.97 Å². The van der Waals surface area contributed by atoms with Crippen LogP contribution in [-0.4, -0.2) is 5.97 Å². The lowest BCUT2D eigenvalue weighted by Crippen LogP contribution is -2.08. The largest absolute Gasteiger partial charge is 0.423 e. The maximum Gasteiger partial charge on any atom is 0.343 e. The molecule has 0 N–H and O–H groups in total. The third-order valence-electron chi connectivity index (χ3n) is 4.30. The Morgan fingerprint density at radius 2 is 1.28 bits per heavy atom. The van der Waals surface area contributed by atoms with Crippen molar-refractivity contribution in [1.82, 2.24) is 0 Å². The van der Waals surface area contributed by atoms with Gasteiger partial charge in [-0.3, -0.25) is 0 Å². The number of esters is 1. The van der Waals surface area contributed by atoms with Crippen LogP contribution in [0.5, 0.6) is 5.75 Å². The van der Waals surface area contributed by atoms with Crippen molar-refractivity contribution in [3.05, 3.63) is 101 Å². The van der Waals surface area contributed by atoms with E-state index in [-0.39, 0.29) is 5.97 Å². The summed E-state index contributed by atoms with van der Waals surface area (Å²) in [6.07, 6.45) is 2.09. The summed E-state index contributed by atoms with van der Waals surface area (Å²) >= 11 is 0. The van der Waals surface area contributed by atoms with E-state index in [0.29, 0.717) is 11.3 Å². The van der Waals surface area contributed by atoms with Crippen molar-refractivity contribution in [3.8, 4) is 29.4 Å². The number of carbonyl (C=O) groups excluding carboxylic acids is 1.